The average Bonchev–Trinajstić information content (AvgIpc) is 2.84. The molecule has 0 aliphatic heterocycles. The molecule has 22 heavy (non-hydrogen) atoms. The highest BCUT2D eigenvalue weighted by molar-refractivity contribution is 5.67. The van der Waals surface area contributed by atoms with Crippen LogP contribution in [0.3, 0.4) is 0 Å². The normalized spacial score (nSPS) is 11.3. The first-order valence-electron chi connectivity index (χ1n) is 7.30. The maximum absolute atomic E-state index is 12.0. The van der Waals surface area contributed by atoms with Crippen LogP contribution in [0.5, 0.6) is 0 Å². The van der Waals surface area contributed by atoms with Crippen LogP contribution in [0.1, 0.15) is 32.0 Å². The van der Waals surface area contributed by atoms with E-state index in [9.17, 15) is 4.79 Å². The second-order valence-electron chi connectivity index (χ2n) is 6.41. The first-order chi connectivity index (χ1) is 10.2. The Bertz CT molecular complexity index is 656. The third-order valence-corrected chi connectivity index (χ3v) is 3.02. The zero-order chi connectivity index (χ0) is 16.3. The van der Waals surface area contributed by atoms with Gasteiger partial charge >= 0.3 is 6.09 Å². The molecule has 0 bridgehead atoms. The number of carbonyl (C=O) groups is 1. The van der Waals surface area contributed by atoms with Crippen LogP contribution >= 0.6 is 0 Å². The standard InChI is InChI=1S/C17H23N3O2/c1-13-9-10-20(18-13)15-8-6-7-14(11-15)12-19(5)16(21)22-17(2,3)4/h6-11H,12H2,1-5H3. The van der Waals surface area contributed by atoms with Gasteiger partial charge in [-0.3, -0.25) is 0 Å². The van der Waals surface area contributed by atoms with Crippen molar-refractivity contribution >= 4 is 6.09 Å². The first-order valence-corrected chi connectivity index (χ1v) is 7.30. The van der Waals surface area contributed by atoms with E-state index in [1.54, 1.807) is 11.9 Å². The van der Waals surface area contributed by atoms with Gasteiger partial charge in [-0.05, 0) is 51.5 Å². The van der Waals surface area contributed by atoms with Crippen molar-refractivity contribution in [3.63, 3.8) is 0 Å². The molecule has 0 aliphatic carbocycles. The summed E-state index contributed by atoms with van der Waals surface area (Å²) in [6.07, 6.45) is 1.60. The van der Waals surface area contributed by atoms with E-state index in [0.29, 0.717) is 6.54 Å². The molecule has 1 heterocycles. The lowest BCUT2D eigenvalue weighted by atomic mass is 10.2. The fraction of sp³-hybridized carbons (Fsp3) is 0.412. The van der Waals surface area contributed by atoms with E-state index in [1.807, 2.05) is 68.9 Å². The highest BCUT2D eigenvalue weighted by atomic mass is 16.6. The predicted molar refractivity (Wildman–Crippen MR) is 86.0 cm³/mol. The van der Waals surface area contributed by atoms with Gasteiger partial charge < -0.3 is 9.64 Å². The Labute approximate surface area is 131 Å². The zero-order valence-corrected chi connectivity index (χ0v) is 13.8. The average molecular weight is 301 g/mol. The summed E-state index contributed by atoms with van der Waals surface area (Å²) in [4.78, 5) is 13.6. The second kappa shape index (κ2) is 6.22. The van der Waals surface area contributed by atoms with Crippen molar-refractivity contribution in [2.75, 3.05) is 7.05 Å². The van der Waals surface area contributed by atoms with Crippen molar-refractivity contribution in [3.8, 4) is 5.69 Å². The third-order valence-electron chi connectivity index (χ3n) is 3.02. The molecule has 1 amide bonds. The van der Waals surface area contributed by atoms with Crippen LogP contribution in [0.4, 0.5) is 4.79 Å². The van der Waals surface area contributed by atoms with E-state index < -0.39 is 5.60 Å². The lowest BCUT2D eigenvalue weighted by molar-refractivity contribution is 0.0285. The molecule has 118 valence electrons. The number of aryl methyl sites for hydroxylation is 1. The molecule has 0 aliphatic rings. The molecule has 0 atom stereocenters. The van der Waals surface area contributed by atoms with Crippen LogP contribution in [-0.4, -0.2) is 33.4 Å². The molecule has 0 saturated heterocycles. The Kier molecular flexibility index (Phi) is 4.54. The molecular formula is C17H23N3O2. The topological polar surface area (TPSA) is 47.4 Å². The van der Waals surface area contributed by atoms with Gasteiger partial charge in [-0.25, -0.2) is 9.48 Å². The fourth-order valence-electron chi connectivity index (χ4n) is 2.03. The van der Waals surface area contributed by atoms with Crippen molar-refractivity contribution in [2.45, 2.75) is 39.8 Å². The summed E-state index contributed by atoms with van der Waals surface area (Å²) in [6.45, 7) is 8.03. The lowest BCUT2D eigenvalue weighted by Crippen LogP contribution is -2.33. The number of carbonyl (C=O) groups excluding carboxylic acids is 1. The van der Waals surface area contributed by atoms with Gasteiger partial charge in [-0.1, -0.05) is 12.1 Å². The van der Waals surface area contributed by atoms with Crippen molar-refractivity contribution < 1.29 is 9.53 Å². The minimum Gasteiger partial charge on any atom is -0.444 e. The Balaban J connectivity index is 2.09. The Morgan fingerprint density at radius 2 is 2.05 bits per heavy atom. The van der Waals surface area contributed by atoms with Gasteiger partial charge in [-0.15, -0.1) is 0 Å². The van der Waals surface area contributed by atoms with Crippen molar-refractivity contribution in [2.24, 2.45) is 0 Å². The SMILES string of the molecule is Cc1ccn(-c2cccc(CN(C)C(=O)OC(C)(C)C)c2)n1. The molecule has 2 aromatic rings. The van der Waals surface area contributed by atoms with Crippen LogP contribution in [0.25, 0.3) is 5.69 Å². The highest BCUT2D eigenvalue weighted by Crippen LogP contribution is 2.14. The molecular weight excluding hydrogens is 278 g/mol. The predicted octanol–water partition coefficient (Wildman–Crippen LogP) is 3.55. The summed E-state index contributed by atoms with van der Waals surface area (Å²) in [5.74, 6) is 0. The Hall–Kier alpha value is -2.30. The van der Waals surface area contributed by atoms with Crippen molar-refractivity contribution in [1.82, 2.24) is 14.7 Å². The molecule has 0 spiro atoms. The highest BCUT2D eigenvalue weighted by Gasteiger charge is 2.19. The van der Waals surface area contributed by atoms with E-state index in [4.69, 9.17) is 4.74 Å². The monoisotopic (exact) mass is 301 g/mol. The van der Waals surface area contributed by atoms with Gasteiger partial charge in [0.25, 0.3) is 0 Å². The summed E-state index contributed by atoms with van der Waals surface area (Å²) >= 11 is 0. The first kappa shape index (κ1) is 16.1. The molecule has 1 aromatic heterocycles. The molecule has 5 heteroatoms. The third kappa shape index (κ3) is 4.35. The zero-order valence-electron chi connectivity index (χ0n) is 13.8. The maximum atomic E-state index is 12.0. The quantitative estimate of drug-likeness (QED) is 0.871. The molecule has 0 N–H and O–H groups in total. The molecule has 5 nitrogen and oxygen atoms in total. The molecule has 0 fully saturated rings. The van der Waals surface area contributed by atoms with Crippen molar-refractivity contribution in [3.05, 3.63) is 47.8 Å². The number of hydrogen-bond acceptors (Lipinski definition) is 3. The summed E-state index contributed by atoms with van der Waals surface area (Å²) < 4.78 is 7.19. The molecule has 0 radical (unpaired) electrons. The minimum atomic E-state index is -0.486. The van der Waals surface area contributed by atoms with E-state index in [0.717, 1.165) is 16.9 Å². The van der Waals surface area contributed by atoms with E-state index >= 15 is 0 Å². The van der Waals surface area contributed by atoms with Crippen LogP contribution in [0.15, 0.2) is 36.5 Å². The summed E-state index contributed by atoms with van der Waals surface area (Å²) in [7, 11) is 1.73. The van der Waals surface area contributed by atoms with Crippen molar-refractivity contribution in [1.29, 1.82) is 0 Å². The molecule has 2 rings (SSSR count). The number of nitrogens with zero attached hydrogens (tertiary/aromatic N) is 3. The van der Waals surface area contributed by atoms with Gasteiger partial charge in [-0.2, -0.15) is 5.10 Å². The largest absolute Gasteiger partial charge is 0.444 e. The van der Waals surface area contributed by atoms with Crippen LogP contribution < -0.4 is 0 Å². The van der Waals surface area contributed by atoms with E-state index in [-0.39, 0.29) is 6.09 Å². The number of benzene rings is 1. The van der Waals surface area contributed by atoms with Gasteiger partial charge in [0.2, 0.25) is 0 Å². The molecule has 0 unspecified atom stereocenters. The summed E-state index contributed by atoms with van der Waals surface area (Å²) in [6, 6.07) is 9.92. The van der Waals surface area contributed by atoms with E-state index in [1.165, 1.54) is 0 Å². The number of rotatable bonds is 3. The molecule has 1 aromatic carbocycles. The van der Waals surface area contributed by atoms with Crippen LogP contribution in [0, 0.1) is 6.92 Å². The fourth-order valence-corrected chi connectivity index (χ4v) is 2.03. The number of aromatic nitrogens is 2. The lowest BCUT2D eigenvalue weighted by Gasteiger charge is -2.24. The van der Waals surface area contributed by atoms with Gasteiger partial charge in [0.1, 0.15) is 5.60 Å². The maximum Gasteiger partial charge on any atom is 0.410 e. The molecule has 0 saturated carbocycles. The van der Waals surface area contributed by atoms with Crippen LogP contribution in [0.2, 0.25) is 0 Å². The minimum absolute atomic E-state index is 0.326. The number of hydrogen-bond donors (Lipinski definition) is 0. The number of amides is 1. The Morgan fingerprint density at radius 3 is 2.64 bits per heavy atom. The van der Waals surface area contributed by atoms with Crippen LogP contribution in [-0.2, 0) is 11.3 Å². The smallest absolute Gasteiger partial charge is 0.410 e. The van der Waals surface area contributed by atoms with Gasteiger partial charge in [0, 0.05) is 19.8 Å². The summed E-state index contributed by atoms with van der Waals surface area (Å²) in [5, 5.41) is 4.40. The van der Waals surface area contributed by atoms with Gasteiger partial charge in [0.15, 0.2) is 0 Å². The van der Waals surface area contributed by atoms with Gasteiger partial charge in [0.05, 0.1) is 11.4 Å². The Morgan fingerprint density at radius 1 is 1.32 bits per heavy atom. The van der Waals surface area contributed by atoms with E-state index in [2.05, 4.69) is 5.10 Å². The summed E-state index contributed by atoms with van der Waals surface area (Å²) in [5.41, 5.74) is 2.48. The second-order valence-corrected chi connectivity index (χ2v) is 6.41. The number of ether oxygens (including phenoxy) is 1.